The van der Waals surface area contributed by atoms with Crippen molar-refractivity contribution < 1.29 is 27.2 Å². The molecule has 3 atom stereocenters. The van der Waals surface area contributed by atoms with E-state index in [2.05, 4.69) is 0 Å². The van der Waals surface area contributed by atoms with Gasteiger partial charge in [0.25, 0.3) is 0 Å². The van der Waals surface area contributed by atoms with Crippen molar-refractivity contribution in [3.05, 3.63) is 41.6 Å². The Kier molecular flexibility index (Phi) is 6.97. The van der Waals surface area contributed by atoms with Crippen molar-refractivity contribution >= 4 is 16.5 Å². The molecule has 1 aliphatic rings. The summed E-state index contributed by atoms with van der Waals surface area (Å²) in [6.07, 6.45) is -3.05. The number of rotatable bonds is 6. The summed E-state index contributed by atoms with van der Waals surface area (Å²) in [7, 11) is -1.71. The minimum Gasteiger partial charge on any atom is -0.400 e. The molecule has 1 fully saturated rings. The molecule has 1 aromatic carbocycles. The summed E-state index contributed by atoms with van der Waals surface area (Å²) in [5, 5.41) is 17.5. The van der Waals surface area contributed by atoms with Gasteiger partial charge in [0.2, 0.25) is 0 Å². The lowest BCUT2D eigenvalue weighted by Gasteiger charge is -2.38. The maximum atomic E-state index is 13.1. The number of allylic oxidation sites excluding steroid dienone is 1. The smallest absolute Gasteiger partial charge is 0.400 e. The number of hydrogen-bond acceptors (Lipinski definition) is 5. The zero-order valence-electron chi connectivity index (χ0n) is 16.7. The minimum atomic E-state index is -4.51. The van der Waals surface area contributed by atoms with E-state index in [0.717, 1.165) is 12.1 Å². The van der Waals surface area contributed by atoms with Gasteiger partial charge in [0.15, 0.2) is 0 Å². The van der Waals surface area contributed by atoms with Crippen LogP contribution in [0.4, 0.5) is 13.2 Å². The Hall–Kier alpha value is -1.71. The average Bonchev–Trinajstić information content (AvgIpc) is 2.66. The van der Waals surface area contributed by atoms with E-state index in [4.69, 9.17) is 15.9 Å². The summed E-state index contributed by atoms with van der Waals surface area (Å²) in [6.45, 7) is 5.17. The van der Waals surface area contributed by atoms with E-state index in [1.807, 2.05) is 0 Å². The van der Waals surface area contributed by atoms with Gasteiger partial charge in [0, 0.05) is 28.3 Å². The number of aliphatic hydroxyl groups is 1. The van der Waals surface area contributed by atoms with Crippen LogP contribution in [0, 0.1) is 10.8 Å². The van der Waals surface area contributed by atoms with E-state index in [9.17, 15) is 22.5 Å². The average molecular weight is 433 g/mol. The highest BCUT2D eigenvalue weighted by molar-refractivity contribution is 7.86. The van der Waals surface area contributed by atoms with Crippen LogP contribution in [0.2, 0.25) is 0 Å². The summed E-state index contributed by atoms with van der Waals surface area (Å²) in [5.74, 6) is 0. The molecular weight excluding hydrogens is 405 g/mol. The number of alkyl halides is 3. The number of aliphatic hydroxyl groups excluding tert-OH is 1. The van der Waals surface area contributed by atoms with E-state index in [1.165, 1.54) is 18.2 Å². The molecule has 4 N–H and O–H groups in total. The highest BCUT2D eigenvalue weighted by atomic mass is 32.2. The van der Waals surface area contributed by atoms with Crippen LogP contribution in [0.1, 0.15) is 39.2 Å². The number of halogens is 3. The Bertz CT molecular complexity index is 823. The van der Waals surface area contributed by atoms with Crippen molar-refractivity contribution in [1.29, 1.82) is 5.41 Å². The predicted octanol–water partition coefficient (Wildman–Crippen LogP) is 3.63. The number of hydrogen-bond donors (Lipinski definition) is 3. The molecule has 2 rings (SSSR count). The lowest BCUT2D eigenvalue weighted by molar-refractivity contribution is -0.137. The van der Waals surface area contributed by atoms with Crippen molar-refractivity contribution in [2.24, 2.45) is 11.1 Å². The van der Waals surface area contributed by atoms with Crippen molar-refractivity contribution in [1.82, 2.24) is 0 Å². The fourth-order valence-electron chi connectivity index (χ4n) is 2.97. The van der Waals surface area contributed by atoms with Gasteiger partial charge >= 0.3 is 6.18 Å². The molecule has 0 aliphatic carbocycles. The second kappa shape index (κ2) is 8.57. The van der Waals surface area contributed by atoms with E-state index in [1.54, 1.807) is 20.8 Å². The number of nitrogens with one attached hydrogen (secondary N) is 1. The molecule has 0 saturated carbocycles. The zero-order chi connectivity index (χ0) is 22.0. The largest absolute Gasteiger partial charge is 0.416 e. The second-order valence-corrected chi connectivity index (χ2v) is 10.2. The summed E-state index contributed by atoms with van der Waals surface area (Å²) in [5.41, 5.74) is 4.89. The highest BCUT2D eigenvalue weighted by Crippen LogP contribution is 2.37. The van der Waals surface area contributed by atoms with Crippen molar-refractivity contribution in [3.8, 4) is 0 Å². The van der Waals surface area contributed by atoms with Crippen LogP contribution in [-0.4, -0.2) is 39.1 Å². The topological polar surface area (TPSA) is 96.4 Å². The first-order valence-electron chi connectivity index (χ1n) is 9.18. The van der Waals surface area contributed by atoms with Crippen LogP contribution in [0.25, 0.3) is 0 Å². The number of benzene rings is 1. The van der Waals surface area contributed by atoms with E-state index < -0.39 is 38.8 Å². The van der Waals surface area contributed by atoms with Gasteiger partial charge in [-0.2, -0.15) is 13.2 Å². The Labute approximate surface area is 171 Å². The molecular formula is C20H27F3N2O3S. The fraction of sp³-hybridized carbons (Fsp3) is 0.550. The molecule has 3 unspecified atom stereocenters. The molecule has 0 radical (unpaired) electrons. The van der Waals surface area contributed by atoms with Crippen molar-refractivity contribution in [2.45, 2.75) is 55.5 Å². The van der Waals surface area contributed by atoms with Gasteiger partial charge in [0.1, 0.15) is 0 Å². The Morgan fingerprint density at radius 1 is 1.45 bits per heavy atom. The lowest BCUT2D eigenvalue weighted by atomic mass is 9.87. The van der Waals surface area contributed by atoms with Gasteiger partial charge in [-0.3, -0.25) is 4.21 Å². The van der Waals surface area contributed by atoms with E-state index >= 15 is 0 Å². The summed E-state index contributed by atoms with van der Waals surface area (Å²) < 4.78 is 57.0. The highest BCUT2D eigenvalue weighted by Gasteiger charge is 2.40. The molecule has 0 amide bonds. The van der Waals surface area contributed by atoms with Crippen LogP contribution in [0.3, 0.4) is 0 Å². The van der Waals surface area contributed by atoms with Crippen molar-refractivity contribution in [2.75, 3.05) is 13.2 Å². The fourth-order valence-corrected chi connectivity index (χ4v) is 4.54. The molecule has 1 saturated heterocycles. The molecule has 9 heteroatoms. The Morgan fingerprint density at radius 3 is 2.69 bits per heavy atom. The first kappa shape index (κ1) is 23.6. The first-order valence-corrected chi connectivity index (χ1v) is 10.3. The predicted molar refractivity (Wildman–Crippen MR) is 106 cm³/mol. The van der Waals surface area contributed by atoms with Crippen LogP contribution in [0.15, 0.2) is 40.9 Å². The number of ether oxygens (including phenoxy) is 1. The molecule has 1 aliphatic heterocycles. The van der Waals surface area contributed by atoms with E-state index in [0.29, 0.717) is 6.42 Å². The molecule has 1 heterocycles. The van der Waals surface area contributed by atoms with Crippen LogP contribution >= 0.6 is 0 Å². The monoisotopic (exact) mass is 432 g/mol. The van der Waals surface area contributed by atoms with Gasteiger partial charge in [-0.25, -0.2) is 0 Å². The molecule has 1 aromatic rings. The van der Waals surface area contributed by atoms with Crippen molar-refractivity contribution in [3.63, 3.8) is 0 Å². The van der Waals surface area contributed by atoms with Gasteiger partial charge in [-0.05, 0) is 44.0 Å². The molecule has 0 aromatic heterocycles. The minimum absolute atomic E-state index is 0.111. The lowest BCUT2D eigenvalue weighted by Crippen LogP contribution is -2.44. The van der Waals surface area contributed by atoms with Gasteiger partial charge in [-0.15, -0.1) is 0 Å². The first-order chi connectivity index (χ1) is 13.3. The maximum Gasteiger partial charge on any atom is 0.416 e. The summed E-state index contributed by atoms with van der Waals surface area (Å²) >= 11 is 0. The van der Waals surface area contributed by atoms with Crippen LogP contribution < -0.4 is 5.73 Å². The zero-order valence-corrected chi connectivity index (χ0v) is 17.5. The molecule has 29 heavy (non-hydrogen) atoms. The SMILES string of the molecule is CC(C)(CO)C(=N)/C=C(\N)C1CC(C)(S(=O)c2cccc(C(F)(F)F)c2)CCO1. The van der Waals surface area contributed by atoms with Crippen LogP contribution in [-0.2, 0) is 21.7 Å². The maximum absolute atomic E-state index is 13.1. The third-order valence-corrected chi connectivity index (χ3v) is 7.15. The van der Waals surface area contributed by atoms with E-state index in [-0.39, 0.29) is 35.9 Å². The van der Waals surface area contributed by atoms with Gasteiger partial charge in [0.05, 0.1) is 33.8 Å². The van der Waals surface area contributed by atoms with Gasteiger partial charge < -0.3 is 21.0 Å². The molecule has 0 spiro atoms. The van der Waals surface area contributed by atoms with Crippen LogP contribution in [0.5, 0.6) is 0 Å². The molecule has 162 valence electrons. The Morgan fingerprint density at radius 2 is 2.10 bits per heavy atom. The Balaban J connectivity index is 2.24. The third kappa shape index (κ3) is 5.46. The summed E-state index contributed by atoms with van der Waals surface area (Å²) in [6, 6.07) is 4.55. The molecule has 0 bridgehead atoms. The number of nitrogens with two attached hydrogens (primary N) is 1. The second-order valence-electron chi connectivity index (χ2n) is 8.16. The standard InChI is InChI=1S/C20H27F3N2O3S/c1-18(2,12-26)17(25)10-15(24)16-11-19(3,7-8-28-16)29(27)14-6-4-5-13(9-14)20(21,22)23/h4-6,9-10,16,25-26H,7-8,11-12,24H2,1-3H3/b15-10-,25-17?. The summed E-state index contributed by atoms with van der Waals surface area (Å²) in [4.78, 5) is 0.111. The van der Waals surface area contributed by atoms with Gasteiger partial charge in [-0.1, -0.05) is 19.9 Å². The molecule has 5 nitrogen and oxygen atoms in total. The quantitative estimate of drug-likeness (QED) is 0.598. The third-order valence-electron chi connectivity index (χ3n) is 5.20. The normalized spacial score (nSPS) is 24.9.